The number of aliphatic hydroxyl groups is 1. The van der Waals surface area contributed by atoms with Crippen molar-refractivity contribution in [3.05, 3.63) is 41.3 Å². The summed E-state index contributed by atoms with van der Waals surface area (Å²) in [7, 11) is -2.21. The Morgan fingerprint density at radius 3 is 2.63 bits per heavy atom. The second kappa shape index (κ2) is 12.1. The van der Waals surface area contributed by atoms with Crippen LogP contribution in [0.15, 0.2) is 39.9 Å². The molecule has 0 saturated heterocycles. The molecule has 4 rings (SSSR count). The first-order chi connectivity index (χ1) is 18.1. The molecule has 2 N–H and O–H groups in total. The van der Waals surface area contributed by atoms with Gasteiger partial charge in [-0.2, -0.15) is 4.31 Å². The highest BCUT2D eigenvalue weighted by Crippen LogP contribution is 2.36. The number of rotatable bonds is 8. The zero-order valence-electron chi connectivity index (χ0n) is 22.1. The Labute approximate surface area is 228 Å². The Hall–Kier alpha value is -2.47. The fourth-order valence-corrected chi connectivity index (χ4v) is 7.46. The largest absolute Gasteiger partial charge is 0.486 e. The molecule has 0 radical (unpaired) electrons. The van der Waals surface area contributed by atoms with Crippen LogP contribution in [0.25, 0.3) is 0 Å². The standard InChI is InChI=1S/C27H37N3O6S2/c1-18-15-30(19(2)17-31)27(33)21-11-7-12-22(28-26(32)20-9-5-4-6-10-20)25(21)36-23(18)16-29(3)38(34,35)24-13-8-14-37-24/h7-8,11-14,18-20,23,31H,4-6,9-10,15-17H2,1-3H3,(H,28,32)/t18-,19+,23-/m0/s1. The minimum absolute atomic E-state index is 0.0429. The van der Waals surface area contributed by atoms with E-state index in [1.54, 1.807) is 47.5 Å². The molecule has 0 bridgehead atoms. The van der Waals surface area contributed by atoms with Gasteiger partial charge in [0.05, 0.1) is 30.4 Å². The maximum atomic E-state index is 13.6. The number of fused-ring (bicyclic) bond motifs is 1. The summed E-state index contributed by atoms with van der Waals surface area (Å²) in [6.07, 6.45) is 4.18. The van der Waals surface area contributed by atoms with Crippen molar-refractivity contribution in [2.24, 2.45) is 11.8 Å². The van der Waals surface area contributed by atoms with Crippen molar-refractivity contribution < 1.29 is 27.9 Å². The van der Waals surface area contributed by atoms with Crippen molar-refractivity contribution in [1.82, 2.24) is 9.21 Å². The van der Waals surface area contributed by atoms with E-state index in [1.165, 1.54) is 11.4 Å². The number of para-hydroxylation sites is 1. The number of carbonyl (C=O) groups is 2. The van der Waals surface area contributed by atoms with Gasteiger partial charge in [-0.3, -0.25) is 9.59 Å². The lowest BCUT2D eigenvalue weighted by atomic mass is 9.88. The lowest BCUT2D eigenvalue weighted by Crippen LogP contribution is -2.50. The third-order valence-electron chi connectivity index (χ3n) is 7.52. The maximum absolute atomic E-state index is 13.6. The summed E-state index contributed by atoms with van der Waals surface area (Å²) in [4.78, 5) is 28.3. The van der Waals surface area contributed by atoms with Crippen LogP contribution >= 0.6 is 11.3 Å². The molecule has 38 heavy (non-hydrogen) atoms. The number of benzene rings is 1. The van der Waals surface area contributed by atoms with Crippen LogP contribution in [-0.2, 0) is 14.8 Å². The summed E-state index contributed by atoms with van der Waals surface area (Å²) in [6.45, 7) is 3.76. The number of carbonyl (C=O) groups excluding carboxylic acids is 2. The molecule has 2 aliphatic rings. The second-order valence-electron chi connectivity index (χ2n) is 10.3. The van der Waals surface area contributed by atoms with Crippen LogP contribution in [0.3, 0.4) is 0 Å². The van der Waals surface area contributed by atoms with Gasteiger partial charge in [-0.05, 0) is 43.3 Å². The quantitative estimate of drug-likeness (QED) is 0.505. The van der Waals surface area contributed by atoms with Crippen molar-refractivity contribution in [3.63, 3.8) is 0 Å². The molecule has 1 aromatic carbocycles. The number of sulfonamides is 1. The molecule has 11 heteroatoms. The van der Waals surface area contributed by atoms with Crippen LogP contribution in [0.1, 0.15) is 56.3 Å². The normalized spacial score (nSPS) is 21.8. The summed E-state index contributed by atoms with van der Waals surface area (Å²) < 4.78 is 34.3. The van der Waals surface area contributed by atoms with Gasteiger partial charge < -0.3 is 20.1 Å². The van der Waals surface area contributed by atoms with Gasteiger partial charge in [-0.25, -0.2) is 8.42 Å². The van der Waals surface area contributed by atoms with Gasteiger partial charge >= 0.3 is 0 Å². The number of nitrogens with one attached hydrogen (secondary N) is 1. The second-order valence-corrected chi connectivity index (χ2v) is 13.6. The molecule has 1 fully saturated rings. The molecule has 3 atom stereocenters. The molecule has 2 amide bonds. The van der Waals surface area contributed by atoms with E-state index in [2.05, 4.69) is 5.32 Å². The van der Waals surface area contributed by atoms with Gasteiger partial charge in [0.2, 0.25) is 5.91 Å². The van der Waals surface area contributed by atoms with Crippen molar-refractivity contribution in [2.75, 3.05) is 32.1 Å². The van der Waals surface area contributed by atoms with Gasteiger partial charge in [0.1, 0.15) is 10.3 Å². The Balaban J connectivity index is 1.69. The first kappa shape index (κ1) is 28.5. The van der Waals surface area contributed by atoms with E-state index in [1.807, 2.05) is 6.92 Å². The number of thiophene rings is 1. The van der Waals surface area contributed by atoms with Crippen molar-refractivity contribution in [2.45, 2.75) is 62.3 Å². The Kier molecular flexibility index (Phi) is 9.12. The van der Waals surface area contributed by atoms with Crippen molar-refractivity contribution in [3.8, 4) is 5.75 Å². The number of hydrogen-bond donors (Lipinski definition) is 2. The molecule has 0 unspecified atom stereocenters. The highest BCUT2D eigenvalue weighted by Gasteiger charge is 2.36. The van der Waals surface area contributed by atoms with E-state index >= 15 is 0 Å². The monoisotopic (exact) mass is 563 g/mol. The van der Waals surface area contributed by atoms with Crippen LogP contribution in [0, 0.1) is 11.8 Å². The molecule has 1 aromatic heterocycles. The number of likely N-dealkylation sites (N-methyl/N-ethyl adjacent to an activating group) is 1. The fraction of sp³-hybridized carbons (Fsp3) is 0.556. The topological polar surface area (TPSA) is 116 Å². The van der Waals surface area contributed by atoms with Gasteiger partial charge in [-0.1, -0.05) is 38.3 Å². The molecule has 208 valence electrons. The number of aliphatic hydroxyl groups excluding tert-OH is 1. The summed E-state index contributed by atoms with van der Waals surface area (Å²) in [5.41, 5.74) is 0.665. The number of nitrogens with zero attached hydrogens (tertiary/aromatic N) is 2. The molecule has 1 aliphatic heterocycles. The Morgan fingerprint density at radius 2 is 1.97 bits per heavy atom. The molecule has 0 spiro atoms. The molecule has 2 aromatic rings. The SMILES string of the molecule is C[C@H](CO)N1C[C@H](C)[C@H](CN(C)S(=O)(=O)c2cccs2)Oc2c(NC(=O)C3CCCCC3)cccc2C1=O. The van der Waals surface area contributed by atoms with Gasteiger partial charge in [0.25, 0.3) is 15.9 Å². The number of anilines is 1. The maximum Gasteiger partial charge on any atom is 0.258 e. The third-order valence-corrected chi connectivity index (χ3v) is 10.7. The smallest absolute Gasteiger partial charge is 0.258 e. The third kappa shape index (κ3) is 6.06. The predicted molar refractivity (Wildman–Crippen MR) is 147 cm³/mol. The number of hydrogen-bond acceptors (Lipinski definition) is 7. The molecular formula is C27H37N3O6S2. The minimum atomic E-state index is -3.72. The Morgan fingerprint density at radius 1 is 1.24 bits per heavy atom. The molecule has 1 saturated carbocycles. The van der Waals surface area contributed by atoms with Crippen LogP contribution < -0.4 is 10.1 Å². The Bertz CT molecular complexity index is 1230. The summed E-state index contributed by atoms with van der Waals surface area (Å²) in [5, 5.41) is 14.6. The lowest BCUT2D eigenvalue weighted by Gasteiger charge is -2.38. The van der Waals surface area contributed by atoms with E-state index in [4.69, 9.17) is 4.74 Å². The molecular weight excluding hydrogens is 526 g/mol. The summed E-state index contributed by atoms with van der Waals surface area (Å²) in [5.74, 6) is -0.537. The van der Waals surface area contributed by atoms with Gasteiger partial charge in [0, 0.05) is 25.4 Å². The van der Waals surface area contributed by atoms with Gasteiger partial charge in [-0.15, -0.1) is 11.3 Å². The average Bonchev–Trinajstić information content (AvgIpc) is 3.47. The van der Waals surface area contributed by atoms with Crippen LogP contribution in [-0.4, -0.2) is 73.4 Å². The van der Waals surface area contributed by atoms with Gasteiger partial charge in [0.15, 0.2) is 5.75 Å². The van der Waals surface area contributed by atoms with E-state index < -0.39 is 22.2 Å². The fourth-order valence-electron chi connectivity index (χ4n) is 5.07. The highest BCUT2D eigenvalue weighted by molar-refractivity contribution is 7.91. The van der Waals surface area contributed by atoms with E-state index in [9.17, 15) is 23.1 Å². The molecule has 1 aliphatic carbocycles. The van der Waals surface area contributed by atoms with Crippen LogP contribution in [0.5, 0.6) is 5.75 Å². The first-order valence-electron chi connectivity index (χ1n) is 13.2. The van der Waals surface area contributed by atoms with Crippen LogP contribution in [0.2, 0.25) is 0 Å². The predicted octanol–water partition coefficient (Wildman–Crippen LogP) is 3.81. The number of amides is 2. The number of ether oxygens (including phenoxy) is 1. The molecule has 9 nitrogen and oxygen atoms in total. The summed E-state index contributed by atoms with van der Waals surface area (Å²) >= 11 is 1.15. The van der Waals surface area contributed by atoms with E-state index in [0.717, 1.165) is 43.4 Å². The van der Waals surface area contributed by atoms with E-state index in [-0.39, 0.29) is 58.9 Å². The zero-order valence-corrected chi connectivity index (χ0v) is 23.8. The van der Waals surface area contributed by atoms with Crippen molar-refractivity contribution in [1.29, 1.82) is 0 Å². The zero-order chi connectivity index (χ0) is 27.4. The minimum Gasteiger partial charge on any atom is -0.486 e. The average molecular weight is 564 g/mol. The summed E-state index contributed by atoms with van der Waals surface area (Å²) in [6, 6.07) is 7.86. The first-order valence-corrected chi connectivity index (χ1v) is 15.5. The highest BCUT2D eigenvalue weighted by atomic mass is 32.2. The molecule has 2 heterocycles. The van der Waals surface area contributed by atoms with Crippen molar-refractivity contribution >= 4 is 38.9 Å². The van der Waals surface area contributed by atoms with Crippen LogP contribution in [0.4, 0.5) is 5.69 Å². The van der Waals surface area contributed by atoms with E-state index in [0.29, 0.717) is 5.69 Å². The lowest BCUT2D eigenvalue weighted by molar-refractivity contribution is -0.120.